The Kier molecular flexibility index (Phi) is 11.1. The van der Waals surface area contributed by atoms with E-state index in [4.69, 9.17) is 35.3 Å². The summed E-state index contributed by atoms with van der Waals surface area (Å²) in [5.41, 5.74) is 1.60. The molecule has 2 aromatic carbocycles. The highest BCUT2D eigenvalue weighted by molar-refractivity contribution is 6.32. The van der Waals surface area contributed by atoms with Crippen LogP contribution in [-0.4, -0.2) is 52.5 Å². The quantitative estimate of drug-likeness (QED) is 0.333. The first kappa shape index (κ1) is 26.9. The van der Waals surface area contributed by atoms with E-state index in [-0.39, 0.29) is 6.61 Å². The highest BCUT2D eigenvalue weighted by Crippen LogP contribution is 2.36. The van der Waals surface area contributed by atoms with Crippen molar-refractivity contribution in [3.8, 4) is 23.0 Å². The fourth-order valence-corrected chi connectivity index (χ4v) is 3.33. The molecule has 184 valence electrons. The molecule has 0 aliphatic heterocycles. The molecule has 0 aliphatic rings. The van der Waals surface area contributed by atoms with Crippen LogP contribution in [0.2, 0.25) is 5.02 Å². The van der Waals surface area contributed by atoms with Crippen molar-refractivity contribution in [2.24, 2.45) is 0 Å². The first-order valence-electron chi connectivity index (χ1n) is 10.8. The Labute approximate surface area is 204 Å². The van der Waals surface area contributed by atoms with Crippen LogP contribution in [0.5, 0.6) is 23.0 Å². The maximum absolute atomic E-state index is 12.0. The summed E-state index contributed by atoms with van der Waals surface area (Å²) in [5.74, 6) is 1.14. The van der Waals surface area contributed by atoms with Gasteiger partial charge in [-0.05, 0) is 61.7 Å². The van der Waals surface area contributed by atoms with Crippen molar-refractivity contribution in [1.29, 1.82) is 0 Å². The number of hydrogen-bond donors (Lipinski definition) is 1. The number of halogens is 1. The lowest BCUT2D eigenvalue weighted by Crippen LogP contribution is -2.30. The molecule has 0 saturated carbocycles. The monoisotopic (exact) mass is 491 g/mol. The fraction of sp³-hybridized carbons (Fsp3) is 0.360. The van der Waals surface area contributed by atoms with E-state index < -0.39 is 11.9 Å². The minimum atomic E-state index is -0.658. The van der Waals surface area contributed by atoms with Crippen molar-refractivity contribution < 1.29 is 33.3 Å². The Bertz CT molecular complexity index is 1010. The van der Waals surface area contributed by atoms with E-state index in [1.54, 1.807) is 12.1 Å². The van der Waals surface area contributed by atoms with Gasteiger partial charge in [-0.15, -0.1) is 0 Å². The molecule has 1 amide bonds. The topological polar surface area (TPSA) is 92.3 Å². The molecule has 1 N–H and O–H groups in total. The molecule has 0 aromatic heterocycles. The number of rotatable bonds is 13. The van der Waals surface area contributed by atoms with Crippen LogP contribution < -0.4 is 24.3 Å². The van der Waals surface area contributed by atoms with Crippen molar-refractivity contribution in [3.05, 3.63) is 52.6 Å². The highest BCUT2D eigenvalue weighted by atomic mass is 35.5. The number of nitrogens with one attached hydrogen (secondary N) is 1. The van der Waals surface area contributed by atoms with Crippen LogP contribution >= 0.6 is 11.6 Å². The summed E-state index contributed by atoms with van der Waals surface area (Å²) in [6.45, 7) is 4.89. The summed E-state index contributed by atoms with van der Waals surface area (Å²) in [7, 11) is 2.97. The molecule has 0 unspecified atom stereocenters. The van der Waals surface area contributed by atoms with E-state index in [2.05, 4.69) is 5.32 Å². The molecule has 0 saturated heterocycles. The normalized spacial score (nSPS) is 10.6. The Morgan fingerprint density at radius 3 is 2.38 bits per heavy atom. The number of benzene rings is 2. The third kappa shape index (κ3) is 8.19. The average Bonchev–Trinajstić information content (AvgIpc) is 2.82. The zero-order valence-electron chi connectivity index (χ0n) is 19.8. The van der Waals surface area contributed by atoms with Crippen molar-refractivity contribution in [1.82, 2.24) is 5.32 Å². The zero-order chi connectivity index (χ0) is 24.9. The predicted molar refractivity (Wildman–Crippen MR) is 130 cm³/mol. The molecule has 34 heavy (non-hydrogen) atoms. The van der Waals surface area contributed by atoms with Crippen LogP contribution in [0.3, 0.4) is 0 Å². The molecular weight excluding hydrogens is 462 g/mol. The average molecular weight is 492 g/mol. The van der Waals surface area contributed by atoms with Gasteiger partial charge in [0.25, 0.3) is 5.91 Å². The molecule has 0 radical (unpaired) electrons. The van der Waals surface area contributed by atoms with Gasteiger partial charge in [-0.2, -0.15) is 0 Å². The van der Waals surface area contributed by atoms with Gasteiger partial charge < -0.3 is 29.0 Å². The Hall–Kier alpha value is -3.39. The molecule has 2 rings (SSSR count). The Morgan fingerprint density at radius 1 is 0.971 bits per heavy atom. The molecule has 2 aromatic rings. The lowest BCUT2D eigenvalue weighted by Gasteiger charge is -2.12. The minimum Gasteiger partial charge on any atom is -0.493 e. The Morgan fingerprint density at radius 2 is 1.71 bits per heavy atom. The van der Waals surface area contributed by atoms with E-state index in [1.165, 1.54) is 26.4 Å². The summed E-state index contributed by atoms with van der Waals surface area (Å²) >= 11 is 6.15. The SMILES string of the molecule is CCOc1ccc(CCNC(=O)COC(=O)C=Cc2cc(Cl)c(OC)c(OC)c2)cc1OCC. The van der Waals surface area contributed by atoms with Crippen LogP contribution in [-0.2, 0) is 20.7 Å². The third-order valence-electron chi connectivity index (χ3n) is 4.56. The van der Waals surface area contributed by atoms with Gasteiger partial charge in [0.05, 0.1) is 32.5 Å². The molecule has 9 heteroatoms. The summed E-state index contributed by atoms with van der Waals surface area (Å²) in [6.07, 6.45) is 3.31. The fourth-order valence-electron chi connectivity index (χ4n) is 3.03. The van der Waals surface area contributed by atoms with Crippen LogP contribution in [0.4, 0.5) is 0 Å². The highest BCUT2D eigenvalue weighted by Gasteiger charge is 2.11. The van der Waals surface area contributed by atoms with E-state index >= 15 is 0 Å². The minimum absolute atomic E-state index is 0.343. The maximum Gasteiger partial charge on any atom is 0.331 e. The van der Waals surface area contributed by atoms with Gasteiger partial charge in [-0.3, -0.25) is 4.79 Å². The third-order valence-corrected chi connectivity index (χ3v) is 4.84. The van der Waals surface area contributed by atoms with Crippen LogP contribution in [0.15, 0.2) is 36.4 Å². The Balaban J connectivity index is 1.80. The van der Waals surface area contributed by atoms with Crippen LogP contribution in [0, 0.1) is 0 Å². The van der Waals surface area contributed by atoms with E-state index in [0.29, 0.717) is 59.8 Å². The van der Waals surface area contributed by atoms with Crippen LogP contribution in [0.1, 0.15) is 25.0 Å². The summed E-state index contributed by atoms with van der Waals surface area (Å²) in [5, 5.41) is 3.07. The number of methoxy groups -OCH3 is 2. The van der Waals surface area contributed by atoms with Gasteiger partial charge in [-0.25, -0.2) is 4.79 Å². The first-order valence-corrected chi connectivity index (χ1v) is 11.2. The van der Waals surface area contributed by atoms with Crippen molar-refractivity contribution in [3.63, 3.8) is 0 Å². The van der Waals surface area contributed by atoms with E-state index in [1.807, 2.05) is 32.0 Å². The summed E-state index contributed by atoms with van der Waals surface area (Å²) in [6, 6.07) is 8.96. The predicted octanol–water partition coefficient (Wildman–Crippen LogP) is 4.07. The molecule has 0 aliphatic carbocycles. The summed E-state index contributed by atoms with van der Waals surface area (Å²) in [4.78, 5) is 24.0. The van der Waals surface area contributed by atoms with Gasteiger partial charge in [0.1, 0.15) is 0 Å². The van der Waals surface area contributed by atoms with Gasteiger partial charge >= 0.3 is 5.97 Å². The lowest BCUT2D eigenvalue weighted by molar-refractivity contribution is -0.143. The first-order chi connectivity index (χ1) is 16.4. The van der Waals surface area contributed by atoms with E-state index in [0.717, 1.165) is 5.56 Å². The van der Waals surface area contributed by atoms with E-state index in [9.17, 15) is 9.59 Å². The largest absolute Gasteiger partial charge is 0.493 e. The second-order valence-corrected chi connectivity index (χ2v) is 7.33. The number of carbonyl (C=O) groups is 2. The number of hydrogen-bond acceptors (Lipinski definition) is 7. The molecule has 0 atom stereocenters. The molecular formula is C25H30ClNO7. The zero-order valence-corrected chi connectivity index (χ0v) is 20.6. The molecule has 8 nitrogen and oxygen atoms in total. The van der Waals surface area contributed by atoms with Gasteiger partial charge in [0.2, 0.25) is 0 Å². The van der Waals surface area contributed by atoms with Crippen molar-refractivity contribution in [2.45, 2.75) is 20.3 Å². The summed E-state index contributed by atoms with van der Waals surface area (Å²) < 4.78 is 26.6. The smallest absolute Gasteiger partial charge is 0.331 e. The standard InChI is InChI=1S/C25H30ClNO7/c1-5-32-20-9-7-17(14-21(20)33-6-2)11-12-27-23(28)16-34-24(29)10-8-18-13-19(26)25(31-4)22(15-18)30-3/h7-10,13-15H,5-6,11-12,16H2,1-4H3,(H,27,28). The number of esters is 1. The molecule has 0 spiro atoms. The lowest BCUT2D eigenvalue weighted by atomic mass is 10.1. The number of ether oxygens (including phenoxy) is 5. The van der Waals surface area contributed by atoms with Crippen LogP contribution in [0.25, 0.3) is 6.08 Å². The maximum atomic E-state index is 12.0. The van der Waals surface area contributed by atoms with Crippen molar-refractivity contribution in [2.75, 3.05) is 40.6 Å². The van der Waals surface area contributed by atoms with Crippen molar-refractivity contribution >= 4 is 29.6 Å². The second-order valence-electron chi connectivity index (χ2n) is 6.93. The molecule has 0 heterocycles. The number of carbonyl (C=O) groups excluding carboxylic acids is 2. The molecule has 0 fully saturated rings. The molecule has 0 bridgehead atoms. The number of amides is 1. The van der Waals surface area contributed by atoms with Gasteiger partial charge in [0.15, 0.2) is 29.6 Å². The second kappa shape index (κ2) is 14.0. The van der Waals surface area contributed by atoms with Gasteiger partial charge in [-0.1, -0.05) is 17.7 Å². The van der Waals surface area contributed by atoms with Gasteiger partial charge in [0, 0.05) is 12.6 Å².